The minimum absolute atomic E-state index is 0.733. The first kappa shape index (κ1) is 11.8. The van der Waals surface area contributed by atoms with Gasteiger partial charge in [0.15, 0.2) is 0 Å². The van der Waals surface area contributed by atoms with Crippen LogP contribution in [0.1, 0.15) is 40.5 Å². The maximum atomic E-state index is 2.50. The fourth-order valence-corrected chi connectivity index (χ4v) is 2.21. The molecule has 0 heterocycles. The standard InChI is InChI=1S/C13H25N/c1-6-7-12(4)14(5)9-11(3)13-8-10(13)2/h8,10-12H,6-7,9H2,1-5H3. The first-order chi connectivity index (χ1) is 6.56. The molecule has 0 aliphatic heterocycles. The molecular weight excluding hydrogens is 170 g/mol. The Labute approximate surface area is 89.2 Å². The van der Waals surface area contributed by atoms with E-state index >= 15 is 0 Å². The molecule has 0 radical (unpaired) electrons. The molecule has 1 nitrogen and oxygen atoms in total. The van der Waals surface area contributed by atoms with Gasteiger partial charge in [-0.3, -0.25) is 0 Å². The third-order valence-corrected chi connectivity index (χ3v) is 3.45. The Balaban J connectivity index is 2.25. The molecule has 0 aromatic carbocycles. The smallest absolute Gasteiger partial charge is 0.00640 e. The van der Waals surface area contributed by atoms with Gasteiger partial charge in [-0.05, 0) is 32.2 Å². The molecule has 0 bridgehead atoms. The first-order valence-corrected chi connectivity index (χ1v) is 5.98. The van der Waals surface area contributed by atoms with E-state index < -0.39 is 0 Å². The molecule has 82 valence electrons. The van der Waals surface area contributed by atoms with Gasteiger partial charge in [-0.25, -0.2) is 0 Å². The summed E-state index contributed by atoms with van der Waals surface area (Å²) in [5, 5.41) is 0. The van der Waals surface area contributed by atoms with Gasteiger partial charge in [0, 0.05) is 12.6 Å². The molecule has 0 aromatic heterocycles. The van der Waals surface area contributed by atoms with E-state index in [2.05, 4.69) is 45.7 Å². The second kappa shape index (κ2) is 4.97. The van der Waals surface area contributed by atoms with Crippen LogP contribution in [0.15, 0.2) is 11.6 Å². The van der Waals surface area contributed by atoms with Crippen molar-refractivity contribution in [1.29, 1.82) is 0 Å². The zero-order valence-electron chi connectivity index (χ0n) is 10.4. The monoisotopic (exact) mass is 195 g/mol. The molecule has 0 fully saturated rings. The van der Waals surface area contributed by atoms with Crippen LogP contribution in [-0.4, -0.2) is 24.5 Å². The molecule has 0 aromatic rings. The van der Waals surface area contributed by atoms with Crippen molar-refractivity contribution in [3.05, 3.63) is 11.6 Å². The van der Waals surface area contributed by atoms with Gasteiger partial charge >= 0.3 is 0 Å². The number of hydrogen-bond acceptors (Lipinski definition) is 1. The lowest BCUT2D eigenvalue weighted by atomic mass is 10.0. The zero-order valence-corrected chi connectivity index (χ0v) is 10.4. The number of allylic oxidation sites excluding steroid dienone is 1. The van der Waals surface area contributed by atoms with E-state index in [1.165, 1.54) is 19.4 Å². The van der Waals surface area contributed by atoms with Crippen molar-refractivity contribution in [3.8, 4) is 0 Å². The van der Waals surface area contributed by atoms with Crippen molar-refractivity contribution in [2.24, 2.45) is 11.8 Å². The largest absolute Gasteiger partial charge is 0.303 e. The minimum atomic E-state index is 0.733. The lowest BCUT2D eigenvalue weighted by Crippen LogP contribution is -2.32. The lowest BCUT2D eigenvalue weighted by Gasteiger charge is -2.26. The van der Waals surface area contributed by atoms with Crippen molar-refractivity contribution >= 4 is 0 Å². The minimum Gasteiger partial charge on any atom is -0.303 e. The van der Waals surface area contributed by atoms with Gasteiger partial charge in [-0.15, -0.1) is 0 Å². The maximum absolute atomic E-state index is 2.50. The zero-order chi connectivity index (χ0) is 10.7. The third kappa shape index (κ3) is 3.13. The average Bonchev–Trinajstić information content (AvgIpc) is 2.83. The van der Waals surface area contributed by atoms with Gasteiger partial charge in [-0.1, -0.05) is 38.8 Å². The average molecular weight is 195 g/mol. The Morgan fingerprint density at radius 3 is 2.43 bits per heavy atom. The van der Waals surface area contributed by atoms with Crippen LogP contribution in [0.2, 0.25) is 0 Å². The quantitative estimate of drug-likeness (QED) is 0.588. The third-order valence-electron chi connectivity index (χ3n) is 3.45. The van der Waals surface area contributed by atoms with Gasteiger partial charge in [0.1, 0.15) is 0 Å². The van der Waals surface area contributed by atoms with Crippen molar-refractivity contribution in [2.45, 2.75) is 46.6 Å². The van der Waals surface area contributed by atoms with Crippen LogP contribution in [0.3, 0.4) is 0 Å². The molecule has 1 heteroatoms. The number of rotatable bonds is 6. The fourth-order valence-electron chi connectivity index (χ4n) is 2.21. The summed E-state index contributed by atoms with van der Waals surface area (Å²) in [7, 11) is 2.25. The van der Waals surface area contributed by atoms with E-state index in [1.807, 2.05) is 0 Å². The normalized spacial score (nSPS) is 24.7. The summed E-state index contributed by atoms with van der Waals surface area (Å²) in [6.45, 7) is 10.5. The molecule has 0 saturated carbocycles. The summed E-state index contributed by atoms with van der Waals surface area (Å²) in [6, 6.07) is 0.733. The second-order valence-corrected chi connectivity index (χ2v) is 4.93. The molecular formula is C13H25N. The van der Waals surface area contributed by atoms with Crippen molar-refractivity contribution in [1.82, 2.24) is 4.90 Å². The second-order valence-electron chi connectivity index (χ2n) is 4.93. The summed E-state index contributed by atoms with van der Waals surface area (Å²) >= 11 is 0. The van der Waals surface area contributed by atoms with Gasteiger partial charge in [0.2, 0.25) is 0 Å². The fraction of sp³-hybridized carbons (Fsp3) is 0.846. The molecule has 3 atom stereocenters. The number of nitrogens with zero attached hydrogens (tertiary/aromatic N) is 1. The van der Waals surface area contributed by atoms with Crippen LogP contribution in [-0.2, 0) is 0 Å². The van der Waals surface area contributed by atoms with Crippen LogP contribution >= 0.6 is 0 Å². The molecule has 0 N–H and O–H groups in total. The van der Waals surface area contributed by atoms with Gasteiger partial charge in [0.05, 0.1) is 0 Å². The highest BCUT2D eigenvalue weighted by atomic mass is 15.1. The molecule has 1 aliphatic rings. The van der Waals surface area contributed by atoms with E-state index in [9.17, 15) is 0 Å². The maximum Gasteiger partial charge on any atom is 0.00640 e. The summed E-state index contributed by atoms with van der Waals surface area (Å²) in [5.41, 5.74) is 1.67. The molecule has 1 rings (SSSR count). The van der Waals surface area contributed by atoms with E-state index in [0.717, 1.165) is 17.9 Å². The highest BCUT2D eigenvalue weighted by molar-refractivity contribution is 5.30. The van der Waals surface area contributed by atoms with Gasteiger partial charge in [-0.2, -0.15) is 0 Å². The predicted molar refractivity (Wildman–Crippen MR) is 63.4 cm³/mol. The Morgan fingerprint density at radius 1 is 1.43 bits per heavy atom. The summed E-state index contributed by atoms with van der Waals surface area (Å²) < 4.78 is 0. The Morgan fingerprint density at radius 2 is 2.00 bits per heavy atom. The van der Waals surface area contributed by atoms with E-state index in [4.69, 9.17) is 0 Å². The molecule has 0 saturated heterocycles. The van der Waals surface area contributed by atoms with E-state index in [0.29, 0.717) is 0 Å². The Hall–Kier alpha value is -0.300. The molecule has 14 heavy (non-hydrogen) atoms. The highest BCUT2D eigenvalue weighted by Gasteiger charge is 2.25. The molecule has 0 amide bonds. The lowest BCUT2D eigenvalue weighted by molar-refractivity contribution is 0.225. The van der Waals surface area contributed by atoms with Crippen LogP contribution in [0.5, 0.6) is 0 Å². The van der Waals surface area contributed by atoms with Crippen LogP contribution < -0.4 is 0 Å². The molecule has 3 unspecified atom stereocenters. The SMILES string of the molecule is CCCC(C)N(C)CC(C)C1=CC1C. The topological polar surface area (TPSA) is 3.24 Å². The Kier molecular flexibility index (Phi) is 4.18. The van der Waals surface area contributed by atoms with Crippen LogP contribution in [0, 0.1) is 11.8 Å². The van der Waals surface area contributed by atoms with Crippen LogP contribution in [0.25, 0.3) is 0 Å². The van der Waals surface area contributed by atoms with Crippen molar-refractivity contribution in [2.75, 3.05) is 13.6 Å². The predicted octanol–water partition coefficient (Wildman–Crippen LogP) is 3.32. The molecule has 1 aliphatic carbocycles. The van der Waals surface area contributed by atoms with E-state index in [-0.39, 0.29) is 0 Å². The highest BCUT2D eigenvalue weighted by Crippen LogP contribution is 2.35. The summed E-state index contributed by atoms with van der Waals surface area (Å²) in [6.07, 6.45) is 5.00. The van der Waals surface area contributed by atoms with Crippen molar-refractivity contribution < 1.29 is 0 Å². The summed E-state index contributed by atoms with van der Waals surface area (Å²) in [4.78, 5) is 2.50. The van der Waals surface area contributed by atoms with Gasteiger partial charge < -0.3 is 4.90 Å². The van der Waals surface area contributed by atoms with Gasteiger partial charge in [0.25, 0.3) is 0 Å². The van der Waals surface area contributed by atoms with Crippen molar-refractivity contribution in [3.63, 3.8) is 0 Å². The van der Waals surface area contributed by atoms with Crippen LogP contribution in [0.4, 0.5) is 0 Å². The molecule has 0 spiro atoms. The Bertz CT molecular complexity index is 207. The van der Waals surface area contributed by atoms with E-state index in [1.54, 1.807) is 5.57 Å². The summed E-state index contributed by atoms with van der Waals surface area (Å²) in [5.74, 6) is 1.55. The first-order valence-electron chi connectivity index (χ1n) is 5.98. The number of hydrogen-bond donors (Lipinski definition) is 0.